The van der Waals surface area contributed by atoms with Crippen LogP contribution in [-0.2, 0) is 0 Å². The van der Waals surface area contributed by atoms with Gasteiger partial charge in [0.1, 0.15) is 16.5 Å². The summed E-state index contributed by atoms with van der Waals surface area (Å²) in [6.45, 7) is 19.1. The summed E-state index contributed by atoms with van der Waals surface area (Å²) in [6, 6.07) is 1.37. The fourth-order valence-electron chi connectivity index (χ4n) is 2.39. The molecule has 0 saturated carbocycles. The van der Waals surface area contributed by atoms with Gasteiger partial charge in [0.15, 0.2) is 0 Å². The van der Waals surface area contributed by atoms with Crippen molar-refractivity contribution in [2.24, 2.45) is 5.41 Å². The van der Waals surface area contributed by atoms with E-state index < -0.39 is 16.5 Å². The van der Waals surface area contributed by atoms with Crippen LogP contribution < -0.4 is 4.65 Å². The predicted molar refractivity (Wildman–Crippen MR) is 68.2 cm³/mol. The lowest BCUT2D eigenvalue weighted by Crippen LogP contribution is -2.58. The van der Waals surface area contributed by atoms with E-state index in [4.69, 9.17) is 0 Å². The Morgan fingerprint density at radius 1 is 0.923 bits per heavy atom. The molecule has 0 aliphatic heterocycles. The molecular weight excluding hydrogens is 190 g/mol. The molecule has 0 heterocycles. The topological polar surface area (TPSA) is 12.0 Å². The summed E-state index contributed by atoms with van der Waals surface area (Å²) < 4.78 is 3.93. The van der Waals surface area contributed by atoms with Gasteiger partial charge in [0, 0.05) is 0 Å². The molecule has 0 fully saturated rings. The van der Waals surface area contributed by atoms with Gasteiger partial charge in [-0.1, -0.05) is 53.5 Å². The molecule has 1 nitrogen and oxygen atoms in total. The Morgan fingerprint density at radius 2 is 1.31 bits per heavy atom. The minimum Gasteiger partial charge on any atom is -0.360 e. The van der Waals surface area contributed by atoms with Crippen molar-refractivity contribution in [2.75, 3.05) is 0 Å². The third kappa shape index (κ3) is 8.72. The summed E-state index contributed by atoms with van der Waals surface area (Å²) in [4.78, 5) is 0. The quantitative estimate of drug-likeness (QED) is 0.712. The first-order valence-electron chi connectivity index (χ1n) is 5.21. The fourth-order valence-corrected chi connectivity index (χ4v) is 13.5. The molecule has 0 spiro atoms. The van der Waals surface area contributed by atoms with Crippen LogP contribution in [0.1, 0.15) is 20.8 Å². The zero-order valence-electron chi connectivity index (χ0n) is 10.7. The van der Waals surface area contributed by atoms with Gasteiger partial charge < -0.3 is 4.65 Å². The molecule has 1 N–H and O–H groups in total. The second kappa shape index (κ2) is 3.87. The molecule has 80 valence electrons. The number of nitrogens with one attached hydrogen (secondary N) is 1. The van der Waals surface area contributed by atoms with Gasteiger partial charge in [-0.05, 0) is 11.5 Å². The molecule has 3 heteroatoms. The van der Waals surface area contributed by atoms with Crippen LogP contribution in [0.5, 0.6) is 0 Å². The van der Waals surface area contributed by atoms with Crippen molar-refractivity contribution < 1.29 is 0 Å². The zero-order valence-corrected chi connectivity index (χ0v) is 12.7. The third-order valence-electron chi connectivity index (χ3n) is 1.69. The molecule has 0 atom stereocenters. The van der Waals surface area contributed by atoms with Crippen LogP contribution in [0, 0.1) is 5.41 Å². The SMILES string of the molecule is CC(C)(C)C[Si](C)(C)N[Si](C)(C)C. The number of rotatable bonds is 3. The molecule has 0 rings (SSSR count). The maximum absolute atomic E-state index is 3.93. The van der Waals surface area contributed by atoms with Crippen LogP contribution in [0.2, 0.25) is 38.8 Å². The predicted octanol–water partition coefficient (Wildman–Crippen LogP) is 3.66. The molecule has 0 amide bonds. The third-order valence-corrected chi connectivity index (χ3v) is 9.34. The Morgan fingerprint density at radius 3 is 1.54 bits per heavy atom. The minimum absolute atomic E-state index is 0.475. The van der Waals surface area contributed by atoms with Crippen molar-refractivity contribution in [1.82, 2.24) is 4.65 Å². The molecule has 0 aliphatic carbocycles. The average molecular weight is 218 g/mol. The highest BCUT2D eigenvalue weighted by Crippen LogP contribution is 2.26. The highest BCUT2D eigenvalue weighted by molar-refractivity contribution is 6.90. The van der Waals surface area contributed by atoms with Crippen molar-refractivity contribution in [3.05, 3.63) is 0 Å². The Kier molecular flexibility index (Phi) is 3.99. The van der Waals surface area contributed by atoms with Gasteiger partial charge in [-0.3, -0.25) is 0 Å². The maximum Gasteiger partial charge on any atom is 0.113 e. The van der Waals surface area contributed by atoms with Gasteiger partial charge >= 0.3 is 0 Å². The van der Waals surface area contributed by atoms with Crippen molar-refractivity contribution >= 4 is 16.5 Å². The Hall–Kier alpha value is 0.394. The van der Waals surface area contributed by atoms with E-state index in [-0.39, 0.29) is 0 Å². The summed E-state index contributed by atoms with van der Waals surface area (Å²) in [5.74, 6) is 0. The van der Waals surface area contributed by atoms with Gasteiger partial charge in [0.05, 0.1) is 0 Å². The van der Waals surface area contributed by atoms with E-state index >= 15 is 0 Å². The van der Waals surface area contributed by atoms with E-state index in [1.807, 2.05) is 0 Å². The van der Waals surface area contributed by atoms with Crippen molar-refractivity contribution in [3.8, 4) is 0 Å². The first-order chi connectivity index (χ1) is 5.41. The van der Waals surface area contributed by atoms with Crippen LogP contribution in [0.15, 0.2) is 0 Å². The van der Waals surface area contributed by atoms with E-state index in [1.165, 1.54) is 6.04 Å². The lowest BCUT2D eigenvalue weighted by molar-refractivity contribution is 0.459. The van der Waals surface area contributed by atoms with Crippen LogP contribution in [-0.4, -0.2) is 16.5 Å². The molecule has 0 aromatic heterocycles. The van der Waals surface area contributed by atoms with Gasteiger partial charge in [-0.15, -0.1) is 0 Å². The molecule has 0 aliphatic rings. The summed E-state index contributed by atoms with van der Waals surface area (Å²) >= 11 is 0. The van der Waals surface area contributed by atoms with Gasteiger partial charge in [-0.2, -0.15) is 0 Å². The molecule has 0 radical (unpaired) electrons. The highest BCUT2D eigenvalue weighted by Gasteiger charge is 2.31. The van der Waals surface area contributed by atoms with E-state index in [0.29, 0.717) is 5.41 Å². The molecule has 0 aromatic rings. The second-order valence-corrected chi connectivity index (χ2v) is 16.6. The standard InChI is InChI=1S/C10H27NSi2/c1-10(2,3)9-13(7,8)11-12(4,5)6/h11H,9H2,1-8H3. The fraction of sp³-hybridized carbons (Fsp3) is 1.00. The zero-order chi connectivity index (χ0) is 10.9. The average Bonchev–Trinajstić information content (AvgIpc) is 1.43. The van der Waals surface area contributed by atoms with Crippen molar-refractivity contribution in [2.45, 2.75) is 59.6 Å². The monoisotopic (exact) mass is 217 g/mol. The van der Waals surface area contributed by atoms with Crippen LogP contribution in [0.4, 0.5) is 0 Å². The van der Waals surface area contributed by atoms with Crippen LogP contribution in [0.25, 0.3) is 0 Å². The smallest absolute Gasteiger partial charge is 0.113 e. The summed E-state index contributed by atoms with van der Waals surface area (Å²) in [5, 5.41) is 0. The first kappa shape index (κ1) is 13.4. The lowest BCUT2D eigenvalue weighted by atomic mass is 10.0. The summed E-state index contributed by atoms with van der Waals surface area (Å²) in [7, 11) is -2.24. The van der Waals surface area contributed by atoms with Crippen LogP contribution >= 0.6 is 0 Å². The Bertz CT molecular complexity index is 145. The highest BCUT2D eigenvalue weighted by atomic mass is 28.4. The van der Waals surface area contributed by atoms with Crippen molar-refractivity contribution in [3.63, 3.8) is 0 Å². The molecular formula is C10H27NSi2. The molecule has 0 unspecified atom stereocenters. The Labute approximate surface area is 86.5 Å². The summed E-state index contributed by atoms with van der Waals surface area (Å²) in [5.41, 5.74) is 0.475. The molecule has 0 aromatic carbocycles. The minimum atomic E-state index is -1.16. The molecule has 0 saturated heterocycles. The van der Waals surface area contributed by atoms with Crippen LogP contribution in [0.3, 0.4) is 0 Å². The second-order valence-electron chi connectivity index (χ2n) is 7.00. The lowest BCUT2D eigenvalue weighted by Gasteiger charge is -2.36. The van der Waals surface area contributed by atoms with Gasteiger partial charge in [0.25, 0.3) is 0 Å². The van der Waals surface area contributed by atoms with E-state index in [0.717, 1.165) is 0 Å². The van der Waals surface area contributed by atoms with E-state index in [2.05, 4.69) is 58.2 Å². The Balaban J connectivity index is 4.25. The van der Waals surface area contributed by atoms with E-state index in [1.54, 1.807) is 0 Å². The molecule has 13 heavy (non-hydrogen) atoms. The van der Waals surface area contributed by atoms with Gasteiger partial charge in [-0.25, -0.2) is 0 Å². The normalized spacial score (nSPS) is 14.8. The first-order valence-corrected chi connectivity index (χ1v) is 11.9. The number of hydrogen-bond donors (Lipinski definition) is 1. The largest absolute Gasteiger partial charge is 0.360 e. The van der Waals surface area contributed by atoms with Gasteiger partial charge in [0.2, 0.25) is 0 Å². The summed E-state index contributed by atoms with van der Waals surface area (Å²) in [6.07, 6.45) is 0. The van der Waals surface area contributed by atoms with E-state index in [9.17, 15) is 0 Å². The maximum atomic E-state index is 3.93. The number of hydrogen-bond acceptors (Lipinski definition) is 1. The van der Waals surface area contributed by atoms with Crippen molar-refractivity contribution in [1.29, 1.82) is 0 Å². The molecule has 0 bridgehead atoms.